The van der Waals surface area contributed by atoms with Crippen LogP contribution in [0.4, 0.5) is 16.4 Å². The molecule has 1 aliphatic carbocycles. The first kappa shape index (κ1) is 22.5. The number of nitrogens with zero attached hydrogens (tertiary/aromatic N) is 4. The van der Waals surface area contributed by atoms with Gasteiger partial charge in [0, 0.05) is 42.4 Å². The van der Waals surface area contributed by atoms with Crippen LogP contribution in [0.15, 0.2) is 24.3 Å². The predicted molar refractivity (Wildman–Crippen MR) is 128 cm³/mol. The lowest BCUT2D eigenvalue weighted by Gasteiger charge is -2.33. The maximum Gasteiger partial charge on any atom is 0.319 e. The van der Waals surface area contributed by atoms with Gasteiger partial charge < -0.3 is 30.9 Å². The van der Waals surface area contributed by atoms with E-state index in [0.717, 1.165) is 41.0 Å². The largest absolute Gasteiger partial charge is 0.377 e. The normalized spacial score (nSPS) is 19.6. The fourth-order valence-electron chi connectivity index (χ4n) is 4.38. The average molecular weight is 466 g/mol. The minimum absolute atomic E-state index is 0.0222. The average Bonchev–Trinajstić information content (AvgIpc) is 3.53. The summed E-state index contributed by atoms with van der Waals surface area (Å²) in [6.45, 7) is 5.31. The molecule has 1 saturated heterocycles. The number of ether oxygens (including phenoxy) is 1. The zero-order valence-corrected chi connectivity index (χ0v) is 19.4. The van der Waals surface area contributed by atoms with Crippen LogP contribution in [0.5, 0.6) is 0 Å². The van der Waals surface area contributed by atoms with E-state index >= 15 is 0 Å². The van der Waals surface area contributed by atoms with E-state index in [0.29, 0.717) is 57.8 Å². The van der Waals surface area contributed by atoms with Gasteiger partial charge in [-0.05, 0) is 31.9 Å². The van der Waals surface area contributed by atoms with E-state index < -0.39 is 0 Å². The van der Waals surface area contributed by atoms with Crippen molar-refractivity contribution in [2.75, 3.05) is 36.5 Å². The predicted octanol–water partition coefficient (Wildman–Crippen LogP) is 1.84. The highest BCUT2D eigenvalue weighted by molar-refractivity contribution is 5.90. The minimum atomic E-state index is -0.184. The lowest BCUT2D eigenvalue weighted by Crippen LogP contribution is -2.44. The van der Waals surface area contributed by atoms with Crippen LogP contribution in [0.1, 0.15) is 37.4 Å². The van der Waals surface area contributed by atoms with E-state index in [-0.39, 0.29) is 18.0 Å². The van der Waals surface area contributed by atoms with Gasteiger partial charge in [-0.25, -0.2) is 14.8 Å². The van der Waals surface area contributed by atoms with Crippen LogP contribution in [0.3, 0.4) is 0 Å². The molecule has 3 amide bonds. The molecule has 4 N–H and O–H groups in total. The van der Waals surface area contributed by atoms with Crippen molar-refractivity contribution in [1.29, 1.82) is 0 Å². The molecule has 1 atom stereocenters. The maximum absolute atomic E-state index is 12.6. The monoisotopic (exact) mass is 465 g/mol. The zero-order valence-electron chi connectivity index (χ0n) is 19.4. The van der Waals surface area contributed by atoms with Crippen molar-refractivity contribution >= 4 is 23.6 Å². The second-order valence-corrected chi connectivity index (χ2v) is 9.15. The number of nitrogens with two attached hydrogens (primary N) is 1. The summed E-state index contributed by atoms with van der Waals surface area (Å²) in [6.07, 6.45) is 2.40. The molecule has 3 aliphatic rings. The molecule has 0 radical (unpaired) electrons. The number of hydrogen-bond acceptors (Lipinski definition) is 7. The molecule has 10 heteroatoms. The number of fused-ring (bicyclic) bond motifs is 1. The van der Waals surface area contributed by atoms with Crippen LogP contribution < -0.4 is 21.3 Å². The molecule has 180 valence electrons. The smallest absolute Gasteiger partial charge is 0.319 e. The third-order valence-corrected chi connectivity index (χ3v) is 6.43. The molecule has 10 nitrogen and oxygen atoms in total. The zero-order chi connectivity index (χ0) is 23.7. The lowest BCUT2D eigenvalue weighted by atomic mass is 10.1. The van der Waals surface area contributed by atoms with Crippen molar-refractivity contribution in [3.8, 4) is 11.3 Å². The highest BCUT2D eigenvalue weighted by Crippen LogP contribution is 2.33. The van der Waals surface area contributed by atoms with Crippen LogP contribution in [-0.2, 0) is 22.6 Å². The van der Waals surface area contributed by atoms with Crippen LogP contribution in [0.25, 0.3) is 11.3 Å². The standard InChI is InChI=1S/C24H31N7O3/c1-15-14-34-11-10-31(15)23-28-20-13-30(21(32)8-9-25)12-19(20)22(29-23)16-2-4-17(5-3-16)26-24(33)27-18-6-7-18/h2-5,15,18H,6-14,25H2,1H3,(H2,26,27,33). The number of anilines is 2. The van der Waals surface area contributed by atoms with Crippen molar-refractivity contribution in [2.45, 2.75) is 51.4 Å². The number of amides is 3. The fraction of sp³-hybridized carbons (Fsp3) is 0.500. The molecule has 1 aromatic heterocycles. The van der Waals surface area contributed by atoms with E-state index in [4.69, 9.17) is 20.4 Å². The van der Waals surface area contributed by atoms with Crippen molar-refractivity contribution in [2.24, 2.45) is 5.73 Å². The molecule has 34 heavy (non-hydrogen) atoms. The number of urea groups is 1. The van der Waals surface area contributed by atoms with Crippen LogP contribution >= 0.6 is 0 Å². The quantitative estimate of drug-likeness (QED) is 0.594. The Bertz CT molecular complexity index is 1070. The van der Waals surface area contributed by atoms with Gasteiger partial charge in [0.2, 0.25) is 11.9 Å². The number of morpholine rings is 1. The van der Waals surface area contributed by atoms with Crippen LogP contribution in [0, 0.1) is 0 Å². The Morgan fingerprint density at radius 2 is 1.97 bits per heavy atom. The molecule has 5 rings (SSSR count). The number of hydrogen-bond donors (Lipinski definition) is 3. The van der Waals surface area contributed by atoms with Gasteiger partial charge in [-0.3, -0.25) is 4.79 Å². The summed E-state index contributed by atoms with van der Waals surface area (Å²) in [4.78, 5) is 38.4. The molecular weight excluding hydrogens is 434 g/mol. The molecule has 0 spiro atoms. The molecule has 1 unspecified atom stereocenters. The van der Waals surface area contributed by atoms with Gasteiger partial charge in [0.1, 0.15) is 0 Å². The Morgan fingerprint density at radius 1 is 1.18 bits per heavy atom. The number of carbonyl (C=O) groups excluding carboxylic acids is 2. The number of benzene rings is 1. The van der Waals surface area contributed by atoms with Gasteiger partial charge >= 0.3 is 6.03 Å². The lowest BCUT2D eigenvalue weighted by molar-refractivity contribution is -0.131. The Labute approximate surface area is 198 Å². The van der Waals surface area contributed by atoms with Gasteiger partial charge in [0.05, 0.1) is 43.7 Å². The van der Waals surface area contributed by atoms with Crippen LogP contribution in [0.2, 0.25) is 0 Å². The summed E-state index contributed by atoms with van der Waals surface area (Å²) in [6, 6.07) is 7.93. The summed E-state index contributed by atoms with van der Waals surface area (Å²) in [7, 11) is 0. The fourth-order valence-corrected chi connectivity index (χ4v) is 4.38. The molecular formula is C24H31N7O3. The second kappa shape index (κ2) is 9.55. The number of carbonyl (C=O) groups is 2. The third kappa shape index (κ3) is 4.83. The van der Waals surface area contributed by atoms with E-state index in [9.17, 15) is 9.59 Å². The molecule has 2 fully saturated rings. The maximum atomic E-state index is 12.6. The highest BCUT2D eigenvalue weighted by atomic mass is 16.5. The summed E-state index contributed by atoms with van der Waals surface area (Å²) in [5, 5.41) is 5.80. The minimum Gasteiger partial charge on any atom is -0.377 e. The molecule has 2 aromatic rings. The van der Waals surface area contributed by atoms with Crippen molar-refractivity contribution in [3.05, 3.63) is 35.5 Å². The van der Waals surface area contributed by atoms with Crippen molar-refractivity contribution < 1.29 is 14.3 Å². The highest BCUT2D eigenvalue weighted by Gasteiger charge is 2.31. The molecule has 3 heterocycles. The number of aromatic nitrogens is 2. The third-order valence-electron chi connectivity index (χ3n) is 6.43. The molecule has 1 aromatic carbocycles. The molecule has 2 aliphatic heterocycles. The Kier molecular flexibility index (Phi) is 6.34. The van der Waals surface area contributed by atoms with Gasteiger partial charge in [-0.2, -0.15) is 0 Å². The summed E-state index contributed by atoms with van der Waals surface area (Å²) in [5.41, 5.74) is 9.89. The van der Waals surface area contributed by atoms with Gasteiger partial charge in [0.15, 0.2) is 0 Å². The Hall–Kier alpha value is -3.24. The van der Waals surface area contributed by atoms with Crippen molar-refractivity contribution in [1.82, 2.24) is 20.2 Å². The summed E-state index contributed by atoms with van der Waals surface area (Å²) >= 11 is 0. The topological polar surface area (TPSA) is 126 Å². The Balaban J connectivity index is 1.44. The molecule has 0 bridgehead atoms. The van der Waals surface area contributed by atoms with Crippen LogP contribution in [-0.4, -0.2) is 65.2 Å². The van der Waals surface area contributed by atoms with Gasteiger partial charge in [-0.1, -0.05) is 12.1 Å². The number of nitrogens with one attached hydrogen (secondary N) is 2. The summed E-state index contributed by atoms with van der Waals surface area (Å²) in [5.74, 6) is 0.678. The van der Waals surface area contributed by atoms with Crippen molar-refractivity contribution in [3.63, 3.8) is 0 Å². The van der Waals surface area contributed by atoms with Gasteiger partial charge in [-0.15, -0.1) is 0 Å². The SMILES string of the molecule is CC1COCCN1c1nc2c(c(-c3ccc(NC(=O)NC4CC4)cc3)n1)CN(C(=O)CCN)C2. The van der Waals surface area contributed by atoms with E-state index in [2.05, 4.69) is 22.5 Å². The van der Waals surface area contributed by atoms with E-state index in [1.807, 2.05) is 24.3 Å². The first-order valence-corrected chi connectivity index (χ1v) is 11.9. The first-order chi connectivity index (χ1) is 16.5. The second-order valence-electron chi connectivity index (χ2n) is 9.15. The number of rotatable bonds is 6. The first-order valence-electron chi connectivity index (χ1n) is 11.9. The Morgan fingerprint density at radius 3 is 2.68 bits per heavy atom. The van der Waals surface area contributed by atoms with E-state index in [1.54, 1.807) is 4.90 Å². The van der Waals surface area contributed by atoms with Gasteiger partial charge in [0.25, 0.3) is 0 Å². The van der Waals surface area contributed by atoms with E-state index in [1.165, 1.54) is 0 Å². The molecule has 1 saturated carbocycles. The summed E-state index contributed by atoms with van der Waals surface area (Å²) < 4.78 is 5.59.